The molecule has 8 aromatic carbocycles. The van der Waals surface area contributed by atoms with Crippen molar-refractivity contribution in [3.05, 3.63) is 203 Å². The molecule has 85 heavy (non-hydrogen) atoms. The second kappa shape index (κ2) is 28.7. The maximum absolute atomic E-state index is 2.86. The lowest BCUT2D eigenvalue weighted by Crippen LogP contribution is -2.26. The van der Waals surface area contributed by atoms with Crippen LogP contribution >= 0.6 is 0 Å². The normalized spacial score (nSPS) is 12.8. The first-order valence-corrected chi connectivity index (χ1v) is 34.0. The molecule has 1 heterocycles. The number of anilines is 3. The van der Waals surface area contributed by atoms with Crippen molar-refractivity contribution in [2.45, 2.75) is 227 Å². The number of aromatic nitrogens is 1. The van der Waals surface area contributed by atoms with Crippen molar-refractivity contribution in [2.75, 3.05) is 4.90 Å². The average molecular weight is 1130 g/mol. The van der Waals surface area contributed by atoms with E-state index in [0.29, 0.717) is 0 Å². The summed E-state index contributed by atoms with van der Waals surface area (Å²) in [5.74, 6) is 0. The predicted molar refractivity (Wildman–Crippen MR) is 372 cm³/mol. The largest absolute Gasteiger partial charge is 0.311 e. The topological polar surface area (TPSA) is 8.17 Å². The molecule has 0 aliphatic heterocycles. The third kappa shape index (κ3) is 13.8. The van der Waals surface area contributed by atoms with Gasteiger partial charge in [0.05, 0.1) is 11.0 Å². The fourth-order valence-electron chi connectivity index (χ4n) is 14.4. The van der Waals surface area contributed by atoms with Gasteiger partial charge in [-0.3, -0.25) is 0 Å². The summed E-state index contributed by atoms with van der Waals surface area (Å²) >= 11 is 0. The van der Waals surface area contributed by atoms with Crippen LogP contribution < -0.4 is 4.90 Å². The lowest BCUT2D eigenvalue weighted by Gasteiger charge is -2.34. The number of unbranched alkanes of at least 4 members (excludes halogenated alkanes) is 16. The molecule has 444 valence electrons. The summed E-state index contributed by atoms with van der Waals surface area (Å²) in [6.45, 7) is 20.8. The van der Waals surface area contributed by atoms with Crippen LogP contribution in [0, 0.1) is 13.8 Å². The van der Waals surface area contributed by atoms with Crippen molar-refractivity contribution in [3.63, 3.8) is 0 Å². The van der Waals surface area contributed by atoms with E-state index >= 15 is 0 Å². The minimum Gasteiger partial charge on any atom is -0.311 e. The molecule has 1 aromatic heterocycles. The van der Waals surface area contributed by atoms with E-state index in [9.17, 15) is 0 Å². The predicted octanol–water partition coefficient (Wildman–Crippen LogP) is 25.5. The smallest absolute Gasteiger partial charge is 0.0588 e. The quantitative estimate of drug-likeness (QED) is 0.0408. The molecule has 0 spiro atoms. The lowest BCUT2D eigenvalue weighted by molar-refractivity contribution is 0.399. The second-order valence-electron chi connectivity index (χ2n) is 26.8. The summed E-state index contributed by atoms with van der Waals surface area (Å²) in [4.78, 5) is 2.44. The van der Waals surface area contributed by atoms with E-state index in [1.54, 1.807) is 11.1 Å². The first-order chi connectivity index (χ1) is 41.5. The number of nitrogens with zero attached hydrogens (tertiary/aromatic N) is 2. The number of rotatable bonds is 30. The highest BCUT2D eigenvalue weighted by Gasteiger charge is 2.45. The van der Waals surface area contributed by atoms with Crippen LogP contribution in [0.3, 0.4) is 0 Å². The fraction of sp³-hybridized carbons (Fsp3) is 0.422. The summed E-state index contributed by atoms with van der Waals surface area (Å²) < 4.78 is 2.86. The number of aryl methyl sites for hydroxylation is 4. The summed E-state index contributed by atoms with van der Waals surface area (Å²) in [6.07, 6.45) is 30.0. The molecule has 0 amide bonds. The minimum absolute atomic E-state index is 0.0805. The summed E-state index contributed by atoms with van der Waals surface area (Å²) in [6, 6.07) is 64.6. The van der Waals surface area contributed by atoms with Crippen molar-refractivity contribution in [1.29, 1.82) is 0 Å². The van der Waals surface area contributed by atoms with Crippen LogP contribution in [0.1, 0.15) is 229 Å². The van der Waals surface area contributed by atoms with Gasteiger partial charge >= 0.3 is 0 Å². The highest BCUT2D eigenvalue weighted by Crippen LogP contribution is 2.58. The lowest BCUT2D eigenvalue weighted by atomic mass is 9.70. The highest BCUT2D eigenvalue weighted by molar-refractivity contribution is 6.14. The Morgan fingerprint density at radius 3 is 1.52 bits per heavy atom. The molecule has 0 unspecified atom stereocenters. The number of hydrogen-bond donors (Lipinski definition) is 0. The van der Waals surface area contributed by atoms with Crippen LogP contribution in [-0.2, 0) is 23.7 Å². The molecule has 9 aromatic rings. The summed E-state index contributed by atoms with van der Waals surface area (Å²) in [7, 11) is 0. The van der Waals surface area contributed by atoms with Crippen molar-refractivity contribution in [1.82, 2.24) is 4.57 Å². The molecule has 0 atom stereocenters. The molecule has 0 N–H and O–H groups in total. The van der Waals surface area contributed by atoms with Crippen molar-refractivity contribution < 1.29 is 0 Å². The van der Waals surface area contributed by atoms with Crippen LogP contribution in [0.4, 0.5) is 17.1 Å². The zero-order valence-corrected chi connectivity index (χ0v) is 54.0. The first-order valence-electron chi connectivity index (χ1n) is 34.0. The number of hydrogen-bond acceptors (Lipinski definition) is 1. The van der Waals surface area contributed by atoms with E-state index < -0.39 is 0 Å². The molecule has 2 heteroatoms. The Bertz CT molecular complexity index is 3570. The molecule has 2 nitrogen and oxygen atoms in total. The van der Waals surface area contributed by atoms with Gasteiger partial charge in [-0.1, -0.05) is 278 Å². The van der Waals surface area contributed by atoms with Crippen molar-refractivity contribution in [2.24, 2.45) is 0 Å². The Balaban J connectivity index is 1.21. The monoisotopic (exact) mass is 1130 g/mol. The van der Waals surface area contributed by atoms with Crippen molar-refractivity contribution >= 4 is 38.9 Å². The van der Waals surface area contributed by atoms with E-state index in [1.165, 1.54) is 247 Å². The Labute approximate surface area is 514 Å². The van der Waals surface area contributed by atoms with E-state index in [0.717, 1.165) is 12.8 Å². The Kier molecular flexibility index (Phi) is 20.7. The standard InChI is InChI=1S/C83H102N2/c1-10-14-18-22-24-31-55-83(56-32-25-23-19-15-11-2)77-57-62(6)39-51-72(77)73-52-53-74-76-58-65(63-33-29-26-30-34-63)42-54-78(76)85(81(74)80(73)83)79-60-66(35-27-20-16-12-3)75(59-67(79)36-28-21-17-13-4)64-40-47-70(48-41-64)84(69-45-37-61(5)38-46-69)71-49-43-68(44-50-71)82(7,8)9/h26,29-30,33-34,37-54,57-60H,10-25,27-28,31-32,35-36,55-56H2,1-9H3. The molecule has 1 aliphatic carbocycles. The molecule has 0 saturated carbocycles. The van der Waals surface area contributed by atoms with E-state index in [1.807, 2.05) is 0 Å². The van der Waals surface area contributed by atoms with Gasteiger partial charge in [0.2, 0.25) is 0 Å². The minimum atomic E-state index is -0.0901. The zero-order chi connectivity index (χ0) is 59.3. The summed E-state index contributed by atoms with van der Waals surface area (Å²) in [5, 5.41) is 2.77. The van der Waals surface area contributed by atoms with Crippen LogP contribution in [0.25, 0.3) is 60.9 Å². The maximum Gasteiger partial charge on any atom is 0.0588 e. The van der Waals surface area contributed by atoms with Gasteiger partial charge in [-0.2, -0.15) is 0 Å². The van der Waals surface area contributed by atoms with Gasteiger partial charge in [0.25, 0.3) is 0 Å². The second-order valence-corrected chi connectivity index (χ2v) is 26.8. The first kappa shape index (κ1) is 61.4. The molecular formula is C83H102N2. The number of benzene rings is 8. The molecule has 0 bridgehead atoms. The maximum atomic E-state index is 2.86. The third-order valence-electron chi connectivity index (χ3n) is 19.3. The van der Waals surface area contributed by atoms with E-state index in [-0.39, 0.29) is 10.8 Å². The van der Waals surface area contributed by atoms with Gasteiger partial charge in [-0.15, -0.1) is 0 Å². The fourth-order valence-corrected chi connectivity index (χ4v) is 14.4. The zero-order valence-electron chi connectivity index (χ0n) is 54.0. The Morgan fingerprint density at radius 2 is 0.918 bits per heavy atom. The van der Waals surface area contributed by atoms with Gasteiger partial charge in [-0.05, 0) is 180 Å². The Hall–Kier alpha value is -6.64. The van der Waals surface area contributed by atoms with Gasteiger partial charge in [-0.25, -0.2) is 0 Å². The van der Waals surface area contributed by atoms with Gasteiger partial charge in [0, 0.05) is 38.9 Å². The molecule has 0 radical (unpaired) electrons. The van der Waals surface area contributed by atoms with Gasteiger partial charge < -0.3 is 9.47 Å². The van der Waals surface area contributed by atoms with Crippen molar-refractivity contribution in [3.8, 4) is 39.1 Å². The van der Waals surface area contributed by atoms with Crippen LogP contribution in [-0.4, -0.2) is 4.57 Å². The van der Waals surface area contributed by atoms with E-state index in [2.05, 4.69) is 236 Å². The average Bonchev–Trinajstić information content (AvgIpc) is 1.55. The van der Waals surface area contributed by atoms with Crippen LogP contribution in [0.5, 0.6) is 0 Å². The number of fused-ring (bicyclic) bond motifs is 7. The molecule has 0 saturated heterocycles. The highest BCUT2D eigenvalue weighted by atomic mass is 15.1. The SMILES string of the molecule is CCCCCCCCC1(CCCCCCCC)c2cc(C)ccc2-c2ccc3c4cc(-c5ccccc5)ccc4n(-c4cc(CCCCCC)c(-c5ccc(N(c6ccc(C)cc6)c6ccc(C(C)(C)C)cc6)cc5)cc4CCCCCC)c3c21. The molecular weight excluding hydrogens is 1020 g/mol. The summed E-state index contributed by atoms with van der Waals surface area (Å²) in [5.41, 5.74) is 26.0. The van der Waals surface area contributed by atoms with Crippen LogP contribution in [0.2, 0.25) is 0 Å². The molecule has 0 fully saturated rings. The van der Waals surface area contributed by atoms with Crippen LogP contribution in [0.15, 0.2) is 164 Å². The van der Waals surface area contributed by atoms with E-state index in [4.69, 9.17) is 0 Å². The van der Waals surface area contributed by atoms with Gasteiger partial charge in [0.1, 0.15) is 0 Å². The Morgan fingerprint density at radius 1 is 0.400 bits per heavy atom. The molecule has 1 aliphatic rings. The molecule has 10 rings (SSSR count). The van der Waals surface area contributed by atoms with Gasteiger partial charge in [0.15, 0.2) is 0 Å². The third-order valence-corrected chi connectivity index (χ3v) is 19.3.